The zero-order chi connectivity index (χ0) is 21.0. The van der Waals surface area contributed by atoms with Crippen molar-refractivity contribution in [3.63, 3.8) is 0 Å². The van der Waals surface area contributed by atoms with Gasteiger partial charge in [0.25, 0.3) is 11.2 Å². The van der Waals surface area contributed by atoms with Crippen LogP contribution in [0.1, 0.15) is 21.6 Å². The van der Waals surface area contributed by atoms with Crippen molar-refractivity contribution in [2.45, 2.75) is 11.6 Å². The van der Waals surface area contributed by atoms with Crippen LogP contribution in [0, 0.1) is 21.7 Å². The molecule has 0 amide bonds. The Morgan fingerprint density at radius 1 is 1.14 bits per heavy atom. The monoisotopic (exact) mass is 417 g/mol. The second-order valence-electron chi connectivity index (χ2n) is 5.93. The van der Waals surface area contributed by atoms with Crippen LogP contribution >= 0.6 is 11.8 Å². The number of Topliss-reactive ketones (excluding diaryl/α,β-unsaturated/α-hetero) is 1. The molecule has 0 aliphatic rings. The number of hydrogen-bond acceptors (Lipinski definition) is 6. The molecule has 0 aliphatic carbocycles. The van der Waals surface area contributed by atoms with Crippen molar-refractivity contribution in [1.82, 2.24) is 9.97 Å². The molecule has 0 atom stereocenters. The van der Waals surface area contributed by atoms with Crippen LogP contribution in [0.4, 0.5) is 14.5 Å². The summed E-state index contributed by atoms with van der Waals surface area (Å²) in [6, 6.07) is 9.74. The molecule has 2 aromatic carbocycles. The smallest absolute Gasteiger partial charge is 0.269 e. The quantitative estimate of drug-likeness (QED) is 0.207. The Balaban J connectivity index is 1.72. The van der Waals surface area contributed by atoms with E-state index < -0.39 is 22.1 Å². The summed E-state index contributed by atoms with van der Waals surface area (Å²) in [4.78, 5) is 40.8. The molecule has 0 fully saturated rings. The van der Waals surface area contributed by atoms with Crippen molar-refractivity contribution in [1.29, 1.82) is 0 Å². The second-order valence-corrected chi connectivity index (χ2v) is 6.90. The van der Waals surface area contributed by atoms with Crippen LogP contribution in [0.5, 0.6) is 0 Å². The molecule has 3 aromatic rings. The number of carbonyl (C=O) groups is 1. The summed E-state index contributed by atoms with van der Waals surface area (Å²) in [6.45, 7) is 0. The molecule has 0 unspecified atom stereocenters. The van der Waals surface area contributed by atoms with E-state index in [4.69, 9.17) is 0 Å². The number of non-ortho nitro benzene ring substituents is 1. The molecule has 0 saturated heterocycles. The van der Waals surface area contributed by atoms with E-state index in [0.29, 0.717) is 0 Å². The molecular formula is C19H13F2N3O4S. The molecule has 0 saturated carbocycles. The number of halogens is 2. The maximum Gasteiger partial charge on any atom is 0.269 e. The SMILES string of the molecule is O=C(CSc1nc(Cc2c(F)cccc2F)cc(=O)[nH]1)c1ccc([N+](=O)[O-])cc1. The number of H-pyrrole nitrogens is 1. The number of nitrogens with zero attached hydrogens (tertiary/aromatic N) is 2. The third-order valence-electron chi connectivity index (χ3n) is 3.93. The summed E-state index contributed by atoms with van der Waals surface area (Å²) in [6.07, 6.45) is -0.216. The molecule has 0 spiro atoms. The highest BCUT2D eigenvalue weighted by Crippen LogP contribution is 2.19. The van der Waals surface area contributed by atoms with E-state index in [1.54, 1.807) is 0 Å². The Hall–Kier alpha value is -3.40. The Morgan fingerprint density at radius 2 is 1.79 bits per heavy atom. The van der Waals surface area contributed by atoms with Crippen molar-refractivity contribution in [3.8, 4) is 0 Å². The van der Waals surface area contributed by atoms with Gasteiger partial charge in [0.05, 0.1) is 16.4 Å². The number of ketones is 1. The predicted octanol–water partition coefficient (Wildman–Crippen LogP) is 3.52. The normalized spacial score (nSPS) is 10.7. The first-order valence-electron chi connectivity index (χ1n) is 8.27. The van der Waals surface area contributed by atoms with Gasteiger partial charge in [-0.25, -0.2) is 13.8 Å². The molecule has 29 heavy (non-hydrogen) atoms. The van der Waals surface area contributed by atoms with E-state index in [1.165, 1.54) is 30.3 Å². The molecular weight excluding hydrogens is 404 g/mol. The molecule has 148 valence electrons. The number of benzene rings is 2. The minimum absolute atomic E-state index is 0.0851. The Labute approximate surface area is 167 Å². The predicted molar refractivity (Wildman–Crippen MR) is 102 cm³/mol. The van der Waals surface area contributed by atoms with Gasteiger partial charge in [0.1, 0.15) is 11.6 Å². The summed E-state index contributed by atoms with van der Waals surface area (Å²) in [5.41, 5.74) is -0.424. The van der Waals surface area contributed by atoms with Crippen molar-refractivity contribution >= 4 is 23.2 Å². The average Bonchev–Trinajstić information content (AvgIpc) is 2.69. The average molecular weight is 417 g/mol. The lowest BCUT2D eigenvalue weighted by molar-refractivity contribution is -0.384. The van der Waals surface area contributed by atoms with Crippen molar-refractivity contribution < 1.29 is 18.5 Å². The number of nitrogens with one attached hydrogen (secondary N) is 1. The van der Waals surface area contributed by atoms with Crippen LogP contribution in [0.3, 0.4) is 0 Å². The zero-order valence-corrected chi connectivity index (χ0v) is 15.5. The van der Waals surface area contributed by atoms with E-state index in [-0.39, 0.29) is 45.6 Å². The Kier molecular flexibility index (Phi) is 6.13. The van der Waals surface area contributed by atoms with Gasteiger partial charge in [-0.15, -0.1) is 0 Å². The van der Waals surface area contributed by atoms with Crippen molar-refractivity contribution in [3.05, 3.63) is 97.5 Å². The zero-order valence-electron chi connectivity index (χ0n) is 14.7. The van der Waals surface area contributed by atoms with E-state index in [0.717, 1.165) is 30.0 Å². The Morgan fingerprint density at radius 3 is 2.41 bits per heavy atom. The summed E-state index contributed by atoms with van der Waals surface area (Å²) in [5.74, 6) is -1.89. The largest absolute Gasteiger partial charge is 0.301 e. The number of hydrogen-bond donors (Lipinski definition) is 1. The molecule has 1 aromatic heterocycles. The molecule has 0 radical (unpaired) electrons. The molecule has 10 heteroatoms. The van der Waals surface area contributed by atoms with Gasteiger partial charge in [-0.2, -0.15) is 0 Å². The maximum atomic E-state index is 13.8. The van der Waals surface area contributed by atoms with Crippen LogP contribution in [0.15, 0.2) is 58.5 Å². The van der Waals surface area contributed by atoms with Crippen LogP contribution in [0.2, 0.25) is 0 Å². The number of aromatic amines is 1. The van der Waals surface area contributed by atoms with Gasteiger partial charge >= 0.3 is 0 Å². The van der Waals surface area contributed by atoms with Crippen LogP contribution in [-0.4, -0.2) is 26.4 Å². The lowest BCUT2D eigenvalue weighted by Crippen LogP contribution is -2.12. The number of rotatable bonds is 7. The van der Waals surface area contributed by atoms with Crippen molar-refractivity contribution in [2.75, 3.05) is 5.75 Å². The third kappa shape index (κ3) is 5.11. The van der Waals surface area contributed by atoms with Gasteiger partial charge in [0.15, 0.2) is 10.9 Å². The first-order valence-corrected chi connectivity index (χ1v) is 9.25. The Bertz CT molecular complexity index is 1110. The van der Waals surface area contributed by atoms with Crippen LogP contribution in [0.25, 0.3) is 0 Å². The first kappa shape index (κ1) is 20.3. The maximum absolute atomic E-state index is 13.8. The van der Waals surface area contributed by atoms with Gasteiger partial charge in [-0.05, 0) is 24.3 Å². The van der Waals surface area contributed by atoms with E-state index in [2.05, 4.69) is 9.97 Å². The van der Waals surface area contributed by atoms with Gasteiger partial charge < -0.3 is 4.98 Å². The van der Waals surface area contributed by atoms with E-state index in [9.17, 15) is 28.5 Å². The van der Waals surface area contributed by atoms with Gasteiger partial charge in [0.2, 0.25) is 0 Å². The summed E-state index contributed by atoms with van der Waals surface area (Å²) in [5, 5.41) is 10.8. The lowest BCUT2D eigenvalue weighted by atomic mass is 10.1. The number of nitro groups is 1. The van der Waals surface area contributed by atoms with E-state index in [1.807, 2.05) is 0 Å². The van der Waals surface area contributed by atoms with Crippen LogP contribution < -0.4 is 5.56 Å². The van der Waals surface area contributed by atoms with Gasteiger partial charge in [-0.3, -0.25) is 19.7 Å². The second kappa shape index (κ2) is 8.74. The van der Waals surface area contributed by atoms with Gasteiger partial charge in [-0.1, -0.05) is 17.8 Å². The fraction of sp³-hybridized carbons (Fsp3) is 0.105. The summed E-state index contributed by atoms with van der Waals surface area (Å²) >= 11 is 0.944. The minimum Gasteiger partial charge on any atom is -0.301 e. The number of nitro benzene ring substituents is 1. The molecule has 0 bridgehead atoms. The minimum atomic E-state index is -0.741. The lowest BCUT2D eigenvalue weighted by Gasteiger charge is -2.06. The summed E-state index contributed by atoms with van der Waals surface area (Å²) < 4.78 is 27.6. The molecule has 1 N–H and O–H groups in total. The highest BCUT2D eigenvalue weighted by atomic mass is 32.2. The highest BCUT2D eigenvalue weighted by Gasteiger charge is 2.14. The topological polar surface area (TPSA) is 106 Å². The first-order chi connectivity index (χ1) is 13.8. The third-order valence-corrected chi connectivity index (χ3v) is 4.81. The molecule has 7 nitrogen and oxygen atoms in total. The van der Waals surface area contributed by atoms with Crippen molar-refractivity contribution in [2.24, 2.45) is 0 Å². The van der Waals surface area contributed by atoms with E-state index >= 15 is 0 Å². The van der Waals surface area contributed by atoms with Gasteiger partial charge in [0, 0.05) is 35.7 Å². The number of aromatic nitrogens is 2. The number of carbonyl (C=O) groups excluding carboxylic acids is 1. The molecule has 0 aliphatic heterocycles. The fourth-order valence-corrected chi connectivity index (χ4v) is 3.30. The standard InChI is InChI=1S/C19H13F2N3O4S/c20-15-2-1-3-16(21)14(15)8-12-9-18(26)23-19(22-12)29-10-17(25)11-4-6-13(7-5-11)24(27)28/h1-7,9H,8,10H2,(H,22,23,26). The number of thioether (sulfide) groups is 1. The molecule has 3 rings (SSSR count). The molecule has 1 heterocycles. The highest BCUT2D eigenvalue weighted by molar-refractivity contribution is 7.99. The van der Waals surface area contributed by atoms with Crippen LogP contribution in [-0.2, 0) is 6.42 Å². The summed E-state index contributed by atoms with van der Waals surface area (Å²) in [7, 11) is 0. The fourth-order valence-electron chi connectivity index (χ4n) is 2.51.